The average molecular weight is 451 g/mol. The van der Waals surface area contributed by atoms with E-state index >= 15 is 0 Å². The smallest absolute Gasteiger partial charge is 0.251 e. The van der Waals surface area contributed by atoms with Crippen molar-refractivity contribution in [3.05, 3.63) is 75.4 Å². The van der Waals surface area contributed by atoms with Crippen LogP contribution in [-0.2, 0) is 6.42 Å². The van der Waals surface area contributed by atoms with Gasteiger partial charge in [-0.15, -0.1) is 11.8 Å². The molecule has 0 bridgehead atoms. The first-order chi connectivity index (χ1) is 15.3. The molecular formula is C24H22N2O5S. The van der Waals surface area contributed by atoms with E-state index < -0.39 is 23.3 Å². The van der Waals surface area contributed by atoms with Crippen molar-refractivity contribution >= 4 is 23.4 Å². The summed E-state index contributed by atoms with van der Waals surface area (Å²) in [4.78, 5) is 26.2. The Morgan fingerprint density at radius 1 is 1.06 bits per heavy atom. The quantitative estimate of drug-likeness (QED) is 0.234. The van der Waals surface area contributed by atoms with Crippen molar-refractivity contribution in [2.45, 2.75) is 23.8 Å². The van der Waals surface area contributed by atoms with Crippen LogP contribution in [0, 0.1) is 0 Å². The molecule has 8 heteroatoms. The van der Waals surface area contributed by atoms with E-state index in [0.29, 0.717) is 51.2 Å². The van der Waals surface area contributed by atoms with Crippen LogP contribution in [0.2, 0.25) is 0 Å². The van der Waals surface area contributed by atoms with Crippen molar-refractivity contribution in [3.63, 3.8) is 0 Å². The number of anilines is 1. The van der Waals surface area contributed by atoms with Crippen LogP contribution in [-0.4, -0.2) is 27.5 Å². The second kappa shape index (κ2) is 8.47. The van der Waals surface area contributed by atoms with Gasteiger partial charge in [-0.1, -0.05) is 6.07 Å². The number of aryl methyl sites for hydroxylation is 1. The molecule has 0 unspecified atom stereocenters. The number of hydrogen-bond acceptors (Lipinski definition) is 7. The van der Waals surface area contributed by atoms with E-state index in [0.717, 1.165) is 0 Å². The number of nitrogens with one attached hydrogen (secondary N) is 1. The largest absolute Gasteiger partial charge is 0.504 e. The van der Waals surface area contributed by atoms with Gasteiger partial charge in [0.1, 0.15) is 0 Å². The summed E-state index contributed by atoms with van der Waals surface area (Å²) in [5, 5.41) is 33.8. The van der Waals surface area contributed by atoms with Gasteiger partial charge in [-0.25, -0.2) is 0 Å². The van der Waals surface area contributed by atoms with E-state index in [-0.39, 0.29) is 11.3 Å². The zero-order chi connectivity index (χ0) is 23.0. The van der Waals surface area contributed by atoms with Crippen LogP contribution in [0.25, 0.3) is 11.1 Å². The molecule has 0 radical (unpaired) electrons. The number of thioether (sulfide) groups is 1. The second-order valence-corrected chi connectivity index (χ2v) is 8.44. The number of benzene rings is 2. The molecule has 1 atom stereocenters. The number of carbonyl (C=O) groups is 1. The zero-order valence-corrected chi connectivity index (χ0v) is 18.1. The monoisotopic (exact) mass is 450 g/mol. The first-order valence-electron chi connectivity index (χ1n) is 9.96. The molecule has 0 aromatic heterocycles. The Balaban J connectivity index is 1.88. The van der Waals surface area contributed by atoms with Crippen LogP contribution in [0.5, 0.6) is 17.2 Å². The van der Waals surface area contributed by atoms with Crippen LogP contribution in [0.3, 0.4) is 0 Å². The summed E-state index contributed by atoms with van der Waals surface area (Å²) in [6.45, 7) is 0. The average Bonchev–Trinajstić information content (AvgIpc) is 3.01. The highest BCUT2D eigenvalue weighted by Crippen LogP contribution is 2.48. The van der Waals surface area contributed by atoms with Gasteiger partial charge in [-0.3, -0.25) is 9.59 Å². The lowest BCUT2D eigenvalue weighted by Crippen LogP contribution is -2.29. The molecule has 1 amide bonds. The van der Waals surface area contributed by atoms with E-state index in [9.17, 15) is 24.9 Å². The van der Waals surface area contributed by atoms with Crippen molar-refractivity contribution in [3.8, 4) is 28.4 Å². The van der Waals surface area contributed by atoms with Gasteiger partial charge in [0.05, 0.1) is 10.9 Å². The number of carbonyl (C=O) groups excluding carboxylic acids is 1. The normalized spacial score (nSPS) is 14.7. The summed E-state index contributed by atoms with van der Waals surface area (Å²) in [5.41, 5.74) is 8.43. The van der Waals surface area contributed by atoms with Gasteiger partial charge in [0.15, 0.2) is 16.9 Å². The predicted molar refractivity (Wildman–Crippen MR) is 124 cm³/mol. The molecule has 0 spiro atoms. The van der Waals surface area contributed by atoms with Gasteiger partial charge >= 0.3 is 0 Å². The summed E-state index contributed by atoms with van der Waals surface area (Å²) in [5.74, 6) is -1.85. The minimum atomic E-state index is -0.627. The highest BCUT2D eigenvalue weighted by Gasteiger charge is 2.28. The summed E-state index contributed by atoms with van der Waals surface area (Å²) in [6.07, 6.45) is 2.60. The summed E-state index contributed by atoms with van der Waals surface area (Å²) < 4.78 is 0. The third-order valence-corrected chi connectivity index (χ3v) is 6.40. The molecule has 32 heavy (non-hydrogen) atoms. The first kappa shape index (κ1) is 21.6. The van der Waals surface area contributed by atoms with Crippen LogP contribution < -0.4 is 16.5 Å². The molecule has 3 aromatic carbocycles. The molecule has 164 valence electrons. The maximum atomic E-state index is 12.9. The Bertz CT molecular complexity index is 1270. The van der Waals surface area contributed by atoms with E-state index in [4.69, 9.17) is 5.73 Å². The van der Waals surface area contributed by atoms with Crippen molar-refractivity contribution in [2.24, 2.45) is 0 Å². The second-order valence-electron chi connectivity index (χ2n) is 7.59. The van der Waals surface area contributed by atoms with Gasteiger partial charge in [0.25, 0.3) is 5.91 Å². The fourth-order valence-electron chi connectivity index (χ4n) is 3.99. The Kier molecular flexibility index (Phi) is 5.71. The molecule has 0 saturated carbocycles. The third kappa shape index (κ3) is 3.85. The van der Waals surface area contributed by atoms with E-state index in [1.54, 1.807) is 42.7 Å². The van der Waals surface area contributed by atoms with Crippen molar-refractivity contribution in [1.29, 1.82) is 0 Å². The Morgan fingerprint density at radius 2 is 1.78 bits per heavy atom. The topological polar surface area (TPSA) is 133 Å². The van der Waals surface area contributed by atoms with Gasteiger partial charge < -0.3 is 26.4 Å². The molecule has 0 heterocycles. The summed E-state index contributed by atoms with van der Waals surface area (Å²) in [7, 11) is 0. The highest BCUT2D eigenvalue weighted by molar-refractivity contribution is 7.98. The maximum absolute atomic E-state index is 12.9. The van der Waals surface area contributed by atoms with Crippen molar-refractivity contribution in [1.82, 2.24) is 5.32 Å². The van der Waals surface area contributed by atoms with Crippen molar-refractivity contribution < 1.29 is 20.1 Å². The van der Waals surface area contributed by atoms with Crippen LogP contribution in [0.15, 0.2) is 58.2 Å². The number of phenolic OH excluding ortho intramolecular Hbond substituents is 3. The summed E-state index contributed by atoms with van der Waals surface area (Å²) >= 11 is 1.29. The Hall–Kier alpha value is -3.65. The number of rotatable bonds is 3. The molecular weight excluding hydrogens is 428 g/mol. The molecule has 4 rings (SSSR count). The van der Waals surface area contributed by atoms with E-state index in [1.165, 1.54) is 23.9 Å². The lowest BCUT2D eigenvalue weighted by atomic mass is 9.95. The summed E-state index contributed by atoms with van der Waals surface area (Å²) in [6, 6.07) is 12.2. The predicted octanol–water partition coefficient (Wildman–Crippen LogP) is 3.55. The fourth-order valence-corrected chi connectivity index (χ4v) is 4.45. The standard InChI is InChI=1S/C24H22N2O5S/c1-32-20-9-7-15-16(11-18(20)27)17(26-24(31)12-2-5-14(25)6-3-12)8-4-13-10-19(28)22(29)23(30)21(13)15/h2-3,5-7,9-11,17,28-30H,4,8,25H2,1H3,(H,26,31)/t17-/m0/s1. The zero-order valence-electron chi connectivity index (χ0n) is 17.3. The number of amides is 1. The van der Waals surface area contributed by atoms with Crippen molar-refractivity contribution in [2.75, 3.05) is 12.0 Å². The number of hydrogen-bond donors (Lipinski definition) is 5. The molecule has 3 aromatic rings. The molecule has 0 fully saturated rings. The lowest BCUT2D eigenvalue weighted by molar-refractivity contribution is 0.0935. The molecule has 1 aliphatic carbocycles. The molecule has 6 N–H and O–H groups in total. The van der Waals surface area contributed by atoms with Crippen LogP contribution in [0.4, 0.5) is 5.69 Å². The molecule has 7 nitrogen and oxygen atoms in total. The maximum Gasteiger partial charge on any atom is 0.251 e. The SMILES string of the molecule is CSc1ccc2c(cc1=O)[C@@H](NC(=O)c1ccc(N)cc1)CCc1cc(O)c(O)c(O)c1-2. The van der Waals surface area contributed by atoms with Crippen LogP contribution >= 0.6 is 11.8 Å². The lowest BCUT2D eigenvalue weighted by Gasteiger charge is -2.18. The fraction of sp³-hybridized carbons (Fsp3) is 0.167. The number of nitrogens with two attached hydrogens (primary N) is 1. The molecule has 0 saturated heterocycles. The molecule has 0 aliphatic heterocycles. The minimum Gasteiger partial charge on any atom is -0.504 e. The highest BCUT2D eigenvalue weighted by atomic mass is 32.2. The van der Waals surface area contributed by atoms with Gasteiger partial charge in [-0.05, 0) is 78.3 Å². The number of fused-ring (bicyclic) bond motifs is 3. The minimum absolute atomic E-state index is 0.212. The number of nitrogen functional groups attached to an aromatic ring is 1. The third-order valence-electron chi connectivity index (χ3n) is 5.62. The number of phenols is 3. The van der Waals surface area contributed by atoms with Gasteiger partial charge in [0, 0.05) is 16.8 Å². The number of aromatic hydroxyl groups is 3. The Morgan fingerprint density at radius 3 is 2.47 bits per heavy atom. The van der Waals surface area contributed by atoms with Crippen LogP contribution in [0.1, 0.15) is 33.9 Å². The van der Waals surface area contributed by atoms with E-state index in [2.05, 4.69) is 5.32 Å². The van der Waals surface area contributed by atoms with E-state index in [1.807, 2.05) is 0 Å². The van der Waals surface area contributed by atoms with Gasteiger partial charge in [0.2, 0.25) is 5.75 Å². The first-order valence-corrected chi connectivity index (χ1v) is 11.2. The van der Waals surface area contributed by atoms with Gasteiger partial charge in [-0.2, -0.15) is 0 Å². The molecule has 1 aliphatic rings. The Labute approximate surface area is 188 Å².